The second-order valence-electron chi connectivity index (χ2n) is 11.1. The molecule has 0 radical (unpaired) electrons. The Morgan fingerprint density at radius 2 is 1.54 bits per heavy atom. The Balaban J connectivity index is 1.36. The Kier molecular flexibility index (Phi) is 8.48. The molecule has 3 aromatic carbocycles. The number of fused-ring (bicyclic) bond motifs is 1. The molecule has 0 amide bonds. The standard InChI is InChI=1S/C33H41NO3/c1-33(2)32(36-24-27-16-10-5-11-17-27)31(35-21-20-25-12-6-3-7-13-25)29-22-28(18-19-30(29)37-33)34-23-26-14-8-4-9-15-26/h4-5,8-11,14-19,22,25,31-32,34H,3,6-7,12-13,20-21,23-24H2,1-2H3. The van der Waals surface area contributed by atoms with E-state index in [2.05, 4.69) is 85.9 Å². The van der Waals surface area contributed by atoms with E-state index in [9.17, 15) is 0 Å². The van der Waals surface area contributed by atoms with Crippen LogP contribution in [0.1, 0.15) is 75.2 Å². The van der Waals surface area contributed by atoms with Crippen molar-refractivity contribution in [3.63, 3.8) is 0 Å². The highest BCUT2D eigenvalue weighted by Gasteiger charge is 2.45. The van der Waals surface area contributed by atoms with Gasteiger partial charge in [0.25, 0.3) is 0 Å². The Bertz CT molecular complexity index is 1110. The molecule has 1 fully saturated rings. The quantitative estimate of drug-likeness (QED) is 0.306. The van der Waals surface area contributed by atoms with E-state index in [-0.39, 0.29) is 12.2 Å². The maximum atomic E-state index is 6.73. The Hall–Kier alpha value is -2.82. The van der Waals surface area contributed by atoms with Crippen molar-refractivity contribution in [2.24, 2.45) is 5.92 Å². The van der Waals surface area contributed by atoms with Crippen LogP contribution in [0.2, 0.25) is 0 Å². The zero-order valence-electron chi connectivity index (χ0n) is 22.3. The van der Waals surface area contributed by atoms with Gasteiger partial charge >= 0.3 is 0 Å². The van der Waals surface area contributed by atoms with E-state index in [0.717, 1.165) is 48.1 Å². The van der Waals surface area contributed by atoms with Crippen molar-refractivity contribution in [1.29, 1.82) is 0 Å². The van der Waals surface area contributed by atoms with Gasteiger partial charge < -0.3 is 19.5 Å². The molecule has 4 nitrogen and oxygen atoms in total. The summed E-state index contributed by atoms with van der Waals surface area (Å²) in [5.41, 5.74) is 4.02. The van der Waals surface area contributed by atoms with Gasteiger partial charge in [0.15, 0.2) is 0 Å². The summed E-state index contributed by atoms with van der Waals surface area (Å²) in [6.07, 6.45) is 7.47. The molecule has 0 aromatic heterocycles. The largest absolute Gasteiger partial charge is 0.485 e. The molecule has 1 aliphatic carbocycles. The average molecular weight is 500 g/mol. The van der Waals surface area contributed by atoms with Crippen LogP contribution in [0.4, 0.5) is 5.69 Å². The van der Waals surface area contributed by atoms with Crippen LogP contribution in [-0.2, 0) is 22.6 Å². The van der Waals surface area contributed by atoms with E-state index in [1.807, 2.05) is 12.1 Å². The predicted molar refractivity (Wildman–Crippen MR) is 150 cm³/mol. The molecule has 4 heteroatoms. The van der Waals surface area contributed by atoms with Crippen LogP contribution in [0, 0.1) is 5.92 Å². The van der Waals surface area contributed by atoms with E-state index < -0.39 is 5.60 Å². The fourth-order valence-electron chi connectivity index (χ4n) is 5.71. The van der Waals surface area contributed by atoms with Crippen LogP contribution in [0.15, 0.2) is 78.9 Å². The zero-order valence-corrected chi connectivity index (χ0v) is 22.3. The Labute approximate surface area is 222 Å². The second kappa shape index (κ2) is 12.1. The van der Waals surface area contributed by atoms with Crippen molar-refractivity contribution in [3.05, 3.63) is 95.6 Å². The smallest absolute Gasteiger partial charge is 0.132 e. The number of benzene rings is 3. The lowest BCUT2D eigenvalue weighted by atomic mass is 9.86. The number of nitrogens with one attached hydrogen (secondary N) is 1. The number of hydrogen-bond donors (Lipinski definition) is 1. The summed E-state index contributed by atoms with van der Waals surface area (Å²) < 4.78 is 19.9. The van der Waals surface area contributed by atoms with E-state index in [1.165, 1.54) is 37.7 Å². The van der Waals surface area contributed by atoms with Gasteiger partial charge in [0.2, 0.25) is 0 Å². The normalized spacial score (nSPS) is 21.1. The first-order valence-corrected chi connectivity index (χ1v) is 14.0. The topological polar surface area (TPSA) is 39.7 Å². The monoisotopic (exact) mass is 499 g/mol. The van der Waals surface area contributed by atoms with Gasteiger partial charge in [0.05, 0.1) is 6.61 Å². The van der Waals surface area contributed by atoms with Gasteiger partial charge in [-0.15, -0.1) is 0 Å². The predicted octanol–water partition coefficient (Wildman–Crippen LogP) is 8.08. The van der Waals surface area contributed by atoms with E-state index in [1.54, 1.807) is 0 Å². The highest BCUT2D eigenvalue weighted by molar-refractivity contribution is 5.54. The maximum absolute atomic E-state index is 6.73. The van der Waals surface area contributed by atoms with Crippen molar-refractivity contribution in [3.8, 4) is 5.75 Å². The third kappa shape index (κ3) is 6.74. The number of anilines is 1. The van der Waals surface area contributed by atoms with Crippen LogP contribution in [-0.4, -0.2) is 18.3 Å². The Morgan fingerprint density at radius 3 is 2.27 bits per heavy atom. The highest BCUT2D eigenvalue weighted by Crippen LogP contribution is 2.45. The molecule has 3 aromatic rings. The van der Waals surface area contributed by atoms with Gasteiger partial charge in [0.1, 0.15) is 23.6 Å². The zero-order chi connectivity index (χ0) is 25.5. The van der Waals surface area contributed by atoms with Gasteiger partial charge in [0, 0.05) is 24.4 Å². The third-order valence-electron chi connectivity index (χ3n) is 7.81. The minimum absolute atomic E-state index is 0.190. The molecule has 2 aliphatic rings. The van der Waals surface area contributed by atoms with Crippen molar-refractivity contribution in [2.45, 2.75) is 83.3 Å². The molecular formula is C33H41NO3. The van der Waals surface area contributed by atoms with E-state index in [0.29, 0.717) is 6.61 Å². The maximum Gasteiger partial charge on any atom is 0.132 e. The summed E-state index contributed by atoms with van der Waals surface area (Å²) in [5, 5.41) is 3.58. The van der Waals surface area contributed by atoms with Gasteiger partial charge in [-0.1, -0.05) is 92.8 Å². The van der Waals surface area contributed by atoms with Gasteiger partial charge in [-0.3, -0.25) is 0 Å². The summed E-state index contributed by atoms with van der Waals surface area (Å²) in [4.78, 5) is 0. The van der Waals surface area contributed by atoms with Gasteiger partial charge in [-0.2, -0.15) is 0 Å². The van der Waals surface area contributed by atoms with Crippen LogP contribution in [0.3, 0.4) is 0 Å². The summed E-state index contributed by atoms with van der Waals surface area (Å²) in [5.74, 6) is 1.67. The molecule has 0 spiro atoms. The molecule has 0 bridgehead atoms. The molecule has 2 unspecified atom stereocenters. The van der Waals surface area contributed by atoms with Crippen LogP contribution >= 0.6 is 0 Å². The molecule has 1 aliphatic heterocycles. The number of rotatable bonds is 10. The molecule has 1 heterocycles. The first-order chi connectivity index (χ1) is 18.1. The fraction of sp³-hybridized carbons (Fsp3) is 0.455. The molecule has 1 saturated carbocycles. The lowest BCUT2D eigenvalue weighted by molar-refractivity contribution is -0.168. The molecule has 1 N–H and O–H groups in total. The SMILES string of the molecule is CC1(C)Oc2ccc(NCc3ccccc3)cc2C(OCCC2CCCCC2)C1OCc1ccccc1. The van der Waals surface area contributed by atoms with Gasteiger partial charge in [-0.05, 0) is 55.5 Å². The van der Waals surface area contributed by atoms with Crippen LogP contribution in [0.5, 0.6) is 5.75 Å². The summed E-state index contributed by atoms with van der Waals surface area (Å²) in [6.45, 7) is 6.28. The minimum atomic E-state index is -0.518. The van der Waals surface area contributed by atoms with Crippen molar-refractivity contribution >= 4 is 5.69 Å². The highest BCUT2D eigenvalue weighted by atomic mass is 16.6. The molecule has 37 heavy (non-hydrogen) atoms. The molecular weight excluding hydrogens is 458 g/mol. The van der Waals surface area contributed by atoms with Gasteiger partial charge in [-0.25, -0.2) is 0 Å². The molecule has 196 valence electrons. The van der Waals surface area contributed by atoms with Crippen LogP contribution in [0.25, 0.3) is 0 Å². The van der Waals surface area contributed by atoms with Crippen molar-refractivity contribution < 1.29 is 14.2 Å². The first-order valence-electron chi connectivity index (χ1n) is 14.0. The second-order valence-corrected chi connectivity index (χ2v) is 11.1. The van der Waals surface area contributed by atoms with E-state index in [4.69, 9.17) is 14.2 Å². The number of hydrogen-bond acceptors (Lipinski definition) is 4. The number of ether oxygens (including phenoxy) is 3. The molecule has 5 rings (SSSR count). The van der Waals surface area contributed by atoms with Crippen molar-refractivity contribution in [1.82, 2.24) is 0 Å². The van der Waals surface area contributed by atoms with Crippen molar-refractivity contribution in [2.75, 3.05) is 11.9 Å². The average Bonchev–Trinajstić information content (AvgIpc) is 2.93. The molecule has 2 atom stereocenters. The lowest BCUT2D eigenvalue weighted by Gasteiger charge is -2.44. The minimum Gasteiger partial charge on any atom is -0.485 e. The molecule has 0 saturated heterocycles. The fourth-order valence-corrected chi connectivity index (χ4v) is 5.71. The van der Waals surface area contributed by atoms with Crippen LogP contribution < -0.4 is 10.1 Å². The Morgan fingerprint density at radius 1 is 0.838 bits per heavy atom. The summed E-state index contributed by atoms with van der Waals surface area (Å²) in [7, 11) is 0. The summed E-state index contributed by atoms with van der Waals surface area (Å²) >= 11 is 0. The van der Waals surface area contributed by atoms with E-state index >= 15 is 0 Å². The lowest BCUT2D eigenvalue weighted by Crippen LogP contribution is -2.51. The first kappa shape index (κ1) is 25.8. The summed E-state index contributed by atoms with van der Waals surface area (Å²) in [6, 6.07) is 27.2. The third-order valence-corrected chi connectivity index (χ3v) is 7.81.